The van der Waals surface area contributed by atoms with Crippen LogP contribution in [0.3, 0.4) is 0 Å². The number of ether oxygens (including phenoxy) is 1. The molecule has 2 N–H and O–H groups in total. The van der Waals surface area contributed by atoms with Crippen molar-refractivity contribution in [1.29, 1.82) is 0 Å². The SMILES string of the molecule is Cc1cc(C)c(Oc2nc(-c3ccncc3F)ccc2C(=O)CS(=O)(=O)c2cccc(N)n2)c(C)c1. The average molecular weight is 507 g/mol. The Morgan fingerprint density at radius 3 is 2.42 bits per heavy atom. The number of rotatable bonds is 7. The molecule has 0 aliphatic rings. The molecule has 0 radical (unpaired) electrons. The summed E-state index contributed by atoms with van der Waals surface area (Å²) >= 11 is 0. The first-order valence-electron chi connectivity index (χ1n) is 10.9. The third kappa shape index (κ3) is 5.23. The highest BCUT2D eigenvalue weighted by molar-refractivity contribution is 7.92. The van der Waals surface area contributed by atoms with Gasteiger partial charge in [0.1, 0.15) is 17.3 Å². The first-order chi connectivity index (χ1) is 17.0. The number of ketones is 1. The van der Waals surface area contributed by atoms with Crippen LogP contribution in [0.1, 0.15) is 27.0 Å². The van der Waals surface area contributed by atoms with Crippen LogP contribution in [0.4, 0.5) is 10.2 Å². The molecule has 36 heavy (non-hydrogen) atoms. The van der Waals surface area contributed by atoms with E-state index in [-0.39, 0.29) is 33.5 Å². The van der Waals surface area contributed by atoms with Gasteiger partial charge in [-0.1, -0.05) is 23.8 Å². The van der Waals surface area contributed by atoms with Gasteiger partial charge < -0.3 is 10.5 Å². The summed E-state index contributed by atoms with van der Waals surface area (Å²) in [6.45, 7) is 5.64. The second-order valence-electron chi connectivity index (χ2n) is 8.32. The van der Waals surface area contributed by atoms with Crippen LogP contribution in [0.2, 0.25) is 0 Å². The topological polar surface area (TPSA) is 125 Å². The van der Waals surface area contributed by atoms with Gasteiger partial charge in [0.15, 0.2) is 16.6 Å². The summed E-state index contributed by atoms with van der Waals surface area (Å²) in [6.07, 6.45) is 2.47. The number of hydrogen-bond acceptors (Lipinski definition) is 8. The number of aromatic nitrogens is 3. The first-order valence-corrected chi connectivity index (χ1v) is 12.6. The Kier molecular flexibility index (Phi) is 6.80. The van der Waals surface area contributed by atoms with Crippen molar-refractivity contribution in [3.05, 3.63) is 89.0 Å². The molecule has 3 heterocycles. The molecule has 0 amide bonds. The normalized spacial score (nSPS) is 11.3. The summed E-state index contributed by atoms with van der Waals surface area (Å²) in [4.78, 5) is 25.2. The fourth-order valence-electron chi connectivity index (χ4n) is 3.82. The lowest BCUT2D eigenvalue weighted by molar-refractivity contribution is 0.101. The Morgan fingerprint density at radius 2 is 1.75 bits per heavy atom. The molecule has 10 heteroatoms. The summed E-state index contributed by atoms with van der Waals surface area (Å²) in [7, 11) is -4.10. The number of nitrogens with zero attached hydrogens (tertiary/aromatic N) is 3. The number of anilines is 1. The Morgan fingerprint density at radius 1 is 1.03 bits per heavy atom. The van der Waals surface area contributed by atoms with Crippen LogP contribution in [-0.4, -0.2) is 34.9 Å². The molecule has 3 aromatic heterocycles. The third-order valence-corrected chi connectivity index (χ3v) is 6.90. The van der Waals surface area contributed by atoms with Crippen LogP contribution in [0, 0.1) is 26.6 Å². The Balaban J connectivity index is 1.79. The monoisotopic (exact) mass is 506 g/mol. The quantitative estimate of drug-likeness (QED) is 0.360. The molecule has 0 unspecified atom stereocenters. The molecule has 1 aromatic carbocycles. The maximum absolute atomic E-state index is 14.4. The Hall–Kier alpha value is -4.18. The third-order valence-electron chi connectivity index (χ3n) is 5.40. The predicted molar refractivity (Wildman–Crippen MR) is 133 cm³/mol. The standard InChI is InChI=1S/C26H23FN4O4S/c1-15-11-16(2)25(17(3)12-15)35-26-19(7-8-21(30-26)18-9-10-29-13-20(18)27)22(32)14-36(33,34)24-6-4-5-23(28)31-24/h4-13H,14H2,1-3H3,(H2,28,31). The fraction of sp³-hybridized carbons (Fsp3) is 0.154. The van der Waals surface area contributed by atoms with Crippen molar-refractivity contribution in [1.82, 2.24) is 15.0 Å². The molecule has 0 fully saturated rings. The van der Waals surface area contributed by atoms with Gasteiger partial charge >= 0.3 is 0 Å². The number of nitrogens with two attached hydrogens (primary N) is 1. The zero-order valence-corrected chi connectivity index (χ0v) is 20.6. The Labute approximate surface area is 207 Å². The van der Waals surface area contributed by atoms with Crippen molar-refractivity contribution >= 4 is 21.4 Å². The van der Waals surface area contributed by atoms with Crippen LogP contribution in [0.5, 0.6) is 11.6 Å². The number of benzene rings is 1. The molecule has 184 valence electrons. The zero-order chi connectivity index (χ0) is 26.0. The number of halogens is 1. The molecule has 0 saturated heterocycles. The summed E-state index contributed by atoms with van der Waals surface area (Å²) < 4.78 is 46.2. The molecule has 0 aliphatic heterocycles. The molecular weight excluding hydrogens is 483 g/mol. The second kappa shape index (κ2) is 9.82. The van der Waals surface area contributed by atoms with Crippen LogP contribution in [0.15, 0.2) is 66.0 Å². The van der Waals surface area contributed by atoms with Crippen molar-refractivity contribution in [2.75, 3.05) is 11.5 Å². The molecule has 0 bridgehead atoms. The zero-order valence-electron chi connectivity index (χ0n) is 19.8. The van der Waals surface area contributed by atoms with E-state index < -0.39 is 27.2 Å². The summed E-state index contributed by atoms with van der Waals surface area (Å²) in [5, 5.41) is -0.313. The van der Waals surface area contributed by atoms with Gasteiger partial charge in [-0.3, -0.25) is 9.78 Å². The molecule has 0 saturated carbocycles. The van der Waals surface area contributed by atoms with Gasteiger partial charge in [-0.2, -0.15) is 0 Å². The molecule has 8 nitrogen and oxygen atoms in total. The lowest BCUT2D eigenvalue weighted by atomic mass is 10.1. The van der Waals surface area contributed by atoms with Gasteiger partial charge in [-0.15, -0.1) is 0 Å². The highest BCUT2D eigenvalue weighted by Gasteiger charge is 2.26. The number of sulfone groups is 1. The molecule has 4 rings (SSSR count). The number of aryl methyl sites for hydroxylation is 3. The van der Waals surface area contributed by atoms with Gasteiger partial charge in [0, 0.05) is 11.8 Å². The largest absolute Gasteiger partial charge is 0.438 e. The van der Waals surface area contributed by atoms with E-state index in [1.54, 1.807) is 0 Å². The van der Waals surface area contributed by atoms with Crippen LogP contribution < -0.4 is 10.5 Å². The van der Waals surface area contributed by atoms with Gasteiger partial charge in [-0.25, -0.2) is 22.8 Å². The predicted octanol–water partition coefficient (Wildman–Crippen LogP) is 4.63. The van der Waals surface area contributed by atoms with E-state index in [0.717, 1.165) is 22.9 Å². The van der Waals surface area contributed by atoms with Crippen LogP contribution in [-0.2, 0) is 9.84 Å². The van der Waals surface area contributed by atoms with Gasteiger partial charge in [0.2, 0.25) is 15.7 Å². The number of nitrogen functional groups attached to an aromatic ring is 1. The number of Topliss-reactive ketones (excluding diaryl/α,β-unsaturated/α-hetero) is 1. The van der Waals surface area contributed by atoms with Crippen molar-refractivity contribution in [3.8, 4) is 22.9 Å². The molecule has 0 aliphatic carbocycles. The maximum Gasteiger partial charge on any atom is 0.230 e. The van der Waals surface area contributed by atoms with E-state index in [4.69, 9.17) is 10.5 Å². The van der Waals surface area contributed by atoms with Crippen molar-refractivity contribution < 1.29 is 22.3 Å². The minimum atomic E-state index is -4.10. The smallest absolute Gasteiger partial charge is 0.230 e. The highest BCUT2D eigenvalue weighted by Crippen LogP contribution is 2.33. The van der Waals surface area contributed by atoms with Gasteiger partial charge in [0.25, 0.3) is 0 Å². The van der Waals surface area contributed by atoms with Crippen LogP contribution in [0.25, 0.3) is 11.3 Å². The summed E-state index contributed by atoms with van der Waals surface area (Å²) in [5.41, 5.74) is 8.50. The number of carbonyl (C=O) groups excluding carboxylic acids is 1. The average Bonchev–Trinajstić information content (AvgIpc) is 2.81. The van der Waals surface area contributed by atoms with E-state index in [9.17, 15) is 17.6 Å². The van der Waals surface area contributed by atoms with Crippen LogP contribution >= 0.6 is 0 Å². The maximum atomic E-state index is 14.4. The molecule has 0 spiro atoms. The molecule has 4 aromatic rings. The lowest BCUT2D eigenvalue weighted by Crippen LogP contribution is -2.19. The second-order valence-corrected chi connectivity index (χ2v) is 10.3. The number of carbonyl (C=O) groups is 1. The summed E-state index contributed by atoms with van der Waals surface area (Å²) in [5.74, 6) is -1.90. The minimum absolute atomic E-state index is 0.0169. The van der Waals surface area contributed by atoms with E-state index in [2.05, 4.69) is 15.0 Å². The fourth-order valence-corrected chi connectivity index (χ4v) is 5.00. The first kappa shape index (κ1) is 24.9. The van der Waals surface area contributed by atoms with E-state index in [1.807, 2.05) is 32.9 Å². The van der Waals surface area contributed by atoms with E-state index >= 15 is 0 Å². The van der Waals surface area contributed by atoms with Gasteiger partial charge in [-0.05, 0) is 62.2 Å². The highest BCUT2D eigenvalue weighted by atomic mass is 32.2. The van der Waals surface area contributed by atoms with E-state index in [1.165, 1.54) is 42.6 Å². The van der Waals surface area contributed by atoms with E-state index in [0.29, 0.717) is 5.75 Å². The molecular formula is C26H23FN4O4S. The van der Waals surface area contributed by atoms with Crippen molar-refractivity contribution in [2.45, 2.75) is 25.8 Å². The lowest BCUT2D eigenvalue weighted by Gasteiger charge is -2.16. The number of hydrogen-bond donors (Lipinski definition) is 1. The minimum Gasteiger partial charge on any atom is -0.438 e. The molecule has 0 atom stereocenters. The van der Waals surface area contributed by atoms with Gasteiger partial charge in [0.05, 0.1) is 17.5 Å². The van der Waals surface area contributed by atoms with Crippen molar-refractivity contribution in [2.24, 2.45) is 0 Å². The summed E-state index contributed by atoms with van der Waals surface area (Å²) in [6, 6.07) is 12.2. The van der Waals surface area contributed by atoms with Crippen molar-refractivity contribution in [3.63, 3.8) is 0 Å². The Bertz CT molecular complexity index is 1570. The number of pyridine rings is 3.